The van der Waals surface area contributed by atoms with Crippen LogP contribution >= 0.6 is 11.8 Å². The van der Waals surface area contributed by atoms with Crippen molar-refractivity contribution < 1.29 is 9.90 Å². The number of anilines is 1. The highest BCUT2D eigenvalue weighted by molar-refractivity contribution is 7.99. The molecule has 1 N–H and O–H groups in total. The summed E-state index contributed by atoms with van der Waals surface area (Å²) in [5.41, 5.74) is 1.05. The van der Waals surface area contributed by atoms with Gasteiger partial charge in [-0.1, -0.05) is 19.1 Å². The molecule has 1 aromatic carbocycles. The van der Waals surface area contributed by atoms with Gasteiger partial charge in [-0.2, -0.15) is 0 Å². The molecule has 21 heavy (non-hydrogen) atoms. The second-order valence-corrected chi connectivity index (χ2v) is 7.07. The lowest BCUT2D eigenvalue weighted by Crippen LogP contribution is -2.48. The van der Waals surface area contributed by atoms with Gasteiger partial charge in [-0.15, -0.1) is 11.8 Å². The Morgan fingerprint density at radius 3 is 3.00 bits per heavy atom. The van der Waals surface area contributed by atoms with E-state index in [0.717, 1.165) is 37.5 Å². The van der Waals surface area contributed by atoms with Crippen molar-refractivity contribution in [3.8, 4) is 0 Å². The van der Waals surface area contributed by atoms with E-state index in [1.54, 1.807) is 0 Å². The highest BCUT2D eigenvalue weighted by Crippen LogP contribution is 2.34. The Labute approximate surface area is 130 Å². The fraction of sp³-hybridized carbons (Fsp3) is 0.562. The van der Waals surface area contributed by atoms with Crippen molar-refractivity contribution in [2.75, 3.05) is 36.8 Å². The van der Waals surface area contributed by atoms with E-state index in [9.17, 15) is 9.90 Å². The maximum absolute atomic E-state index is 12.6. The second kappa shape index (κ2) is 6.38. The number of carbonyl (C=O) groups excluding carboxylic acids is 1. The summed E-state index contributed by atoms with van der Waals surface area (Å²) in [7, 11) is 0. The van der Waals surface area contributed by atoms with Gasteiger partial charge in [0.1, 0.15) is 0 Å². The van der Waals surface area contributed by atoms with Crippen LogP contribution in [0, 0.1) is 5.92 Å². The average molecular weight is 306 g/mol. The first kappa shape index (κ1) is 14.9. The molecule has 1 saturated heterocycles. The zero-order valence-electron chi connectivity index (χ0n) is 12.4. The number of thioether (sulfide) groups is 1. The van der Waals surface area contributed by atoms with E-state index in [1.165, 1.54) is 4.90 Å². The molecule has 5 heteroatoms. The third kappa shape index (κ3) is 3.25. The summed E-state index contributed by atoms with van der Waals surface area (Å²) >= 11 is 1.82. The maximum Gasteiger partial charge on any atom is 0.241 e. The normalized spacial score (nSPS) is 26.5. The molecule has 0 aliphatic carbocycles. The van der Waals surface area contributed by atoms with Crippen molar-refractivity contribution in [2.45, 2.75) is 24.3 Å². The standard InChI is InChI=1S/C16H22N2O2S/c1-12-10-17(7-6-14(12)19)11-16(20)18-8-9-21-15-5-3-2-4-13(15)18/h2-5,12,14,19H,6-11H2,1H3. The lowest BCUT2D eigenvalue weighted by Gasteiger charge is -2.36. The fourth-order valence-corrected chi connectivity index (χ4v) is 4.06. The van der Waals surface area contributed by atoms with Crippen molar-refractivity contribution in [3.63, 3.8) is 0 Å². The third-order valence-electron chi connectivity index (χ3n) is 4.33. The Hall–Kier alpha value is -1.04. The largest absolute Gasteiger partial charge is 0.393 e. The number of benzene rings is 1. The first-order valence-electron chi connectivity index (χ1n) is 7.58. The van der Waals surface area contributed by atoms with E-state index in [2.05, 4.69) is 11.0 Å². The van der Waals surface area contributed by atoms with Crippen LogP contribution < -0.4 is 4.90 Å². The van der Waals surface area contributed by atoms with Gasteiger partial charge in [0.25, 0.3) is 0 Å². The van der Waals surface area contributed by atoms with Crippen LogP contribution in [0.1, 0.15) is 13.3 Å². The molecular weight excluding hydrogens is 284 g/mol. The molecule has 0 aromatic heterocycles. The number of amides is 1. The number of aliphatic hydroxyl groups is 1. The summed E-state index contributed by atoms with van der Waals surface area (Å²) in [6.07, 6.45) is 0.546. The number of piperidine rings is 1. The van der Waals surface area contributed by atoms with E-state index >= 15 is 0 Å². The predicted octanol–water partition coefficient (Wildman–Crippen LogP) is 1.83. The van der Waals surface area contributed by atoms with Crippen LogP contribution in [0.4, 0.5) is 5.69 Å². The van der Waals surface area contributed by atoms with Gasteiger partial charge in [0.15, 0.2) is 0 Å². The van der Waals surface area contributed by atoms with Crippen molar-refractivity contribution >= 4 is 23.4 Å². The van der Waals surface area contributed by atoms with E-state index < -0.39 is 0 Å². The Bertz CT molecular complexity index is 523. The van der Waals surface area contributed by atoms with Gasteiger partial charge in [-0.05, 0) is 24.5 Å². The molecule has 2 heterocycles. The van der Waals surface area contributed by atoms with Gasteiger partial charge in [-0.25, -0.2) is 0 Å². The second-order valence-electron chi connectivity index (χ2n) is 5.93. The molecule has 2 unspecified atom stereocenters. The molecule has 4 nitrogen and oxygen atoms in total. The molecule has 2 atom stereocenters. The molecule has 0 saturated carbocycles. The number of likely N-dealkylation sites (tertiary alicyclic amines) is 1. The molecule has 0 spiro atoms. The average Bonchev–Trinajstić information content (AvgIpc) is 2.50. The topological polar surface area (TPSA) is 43.8 Å². The van der Waals surface area contributed by atoms with Crippen molar-refractivity contribution in [1.29, 1.82) is 0 Å². The van der Waals surface area contributed by atoms with Crippen molar-refractivity contribution in [3.05, 3.63) is 24.3 Å². The minimum absolute atomic E-state index is 0.173. The number of nitrogens with zero attached hydrogens (tertiary/aromatic N) is 2. The molecule has 1 aromatic rings. The third-order valence-corrected chi connectivity index (χ3v) is 5.38. The number of fused-ring (bicyclic) bond motifs is 1. The fourth-order valence-electron chi connectivity index (χ4n) is 3.07. The van der Waals surface area contributed by atoms with Crippen LogP contribution in [0.15, 0.2) is 29.2 Å². The zero-order valence-corrected chi connectivity index (χ0v) is 13.2. The van der Waals surface area contributed by atoms with Crippen LogP contribution in [-0.2, 0) is 4.79 Å². The van der Waals surface area contributed by atoms with Gasteiger partial charge < -0.3 is 10.0 Å². The Morgan fingerprint density at radius 2 is 2.19 bits per heavy atom. The summed E-state index contributed by atoms with van der Waals surface area (Å²) in [5.74, 6) is 1.37. The Balaban J connectivity index is 1.67. The van der Waals surface area contributed by atoms with Crippen molar-refractivity contribution in [2.24, 2.45) is 5.92 Å². The number of hydrogen-bond donors (Lipinski definition) is 1. The van der Waals surface area contributed by atoms with Gasteiger partial charge in [0.05, 0.1) is 18.3 Å². The number of para-hydroxylation sites is 1. The van der Waals surface area contributed by atoms with E-state index in [1.807, 2.05) is 41.8 Å². The number of hydrogen-bond acceptors (Lipinski definition) is 4. The predicted molar refractivity (Wildman–Crippen MR) is 85.7 cm³/mol. The molecule has 114 valence electrons. The van der Waals surface area contributed by atoms with Gasteiger partial charge in [-0.3, -0.25) is 9.69 Å². The quantitative estimate of drug-likeness (QED) is 0.905. The molecule has 3 rings (SSSR count). The minimum Gasteiger partial charge on any atom is -0.393 e. The van der Waals surface area contributed by atoms with Gasteiger partial charge in [0.2, 0.25) is 5.91 Å². The van der Waals surface area contributed by atoms with Crippen LogP contribution in [-0.4, -0.2) is 53.9 Å². The Kier molecular flexibility index (Phi) is 4.52. The number of aliphatic hydroxyl groups excluding tert-OH is 1. The molecule has 1 amide bonds. The highest BCUT2D eigenvalue weighted by Gasteiger charge is 2.28. The summed E-state index contributed by atoms with van der Waals surface area (Å²) in [6.45, 7) is 4.90. The lowest BCUT2D eigenvalue weighted by atomic mass is 9.97. The van der Waals surface area contributed by atoms with Crippen molar-refractivity contribution in [1.82, 2.24) is 4.90 Å². The molecule has 0 bridgehead atoms. The van der Waals surface area contributed by atoms with Crippen LogP contribution in [0.2, 0.25) is 0 Å². The molecule has 2 aliphatic rings. The van der Waals surface area contributed by atoms with E-state index in [4.69, 9.17) is 0 Å². The maximum atomic E-state index is 12.6. The summed E-state index contributed by atoms with van der Waals surface area (Å²) in [4.78, 5) is 17.9. The first-order valence-corrected chi connectivity index (χ1v) is 8.56. The molecule has 2 aliphatic heterocycles. The van der Waals surface area contributed by atoms with Crippen LogP contribution in [0.5, 0.6) is 0 Å². The number of carbonyl (C=O) groups is 1. The van der Waals surface area contributed by atoms with Gasteiger partial charge in [0, 0.05) is 30.3 Å². The summed E-state index contributed by atoms with van der Waals surface area (Å²) < 4.78 is 0. The van der Waals surface area contributed by atoms with Crippen LogP contribution in [0.3, 0.4) is 0 Å². The Morgan fingerprint density at radius 1 is 1.38 bits per heavy atom. The summed E-state index contributed by atoms with van der Waals surface area (Å²) in [5, 5.41) is 9.78. The zero-order chi connectivity index (χ0) is 14.8. The smallest absolute Gasteiger partial charge is 0.241 e. The van der Waals surface area contributed by atoms with Gasteiger partial charge >= 0.3 is 0 Å². The monoisotopic (exact) mass is 306 g/mol. The first-order chi connectivity index (χ1) is 10.1. The number of rotatable bonds is 2. The SMILES string of the molecule is CC1CN(CC(=O)N2CCSc3ccccc32)CCC1O. The van der Waals surface area contributed by atoms with E-state index in [-0.39, 0.29) is 17.9 Å². The summed E-state index contributed by atoms with van der Waals surface area (Å²) in [6, 6.07) is 8.12. The molecule has 0 radical (unpaired) electrons. The minimum atomic E-state index is -0.219. The molecule has 1 fully saturated rings. The highest BCUT2D eigenvalue weighted by atomic mass is 32.2. The lowest BCUT2D eigenvalue weighted by molar-refractivity contribution is -0.120. The molecular formula is C16H22N2O2S. The van der Waals surface area contributed by atoms with Crippen LogP contribution in [0.25, 0.3) is 0 Å². The van der Waals surface area contributed by atoms with E-state index in [0.29, 0.717) is 6.54 Å².